The Hall–Kier alpha value is -1.04. The van der Waals surface area contributed by atoms with Gasteiger partial charge in [0, 0.05) is 42.9 Å². The van der Waals surface area contributed by atoms with E-state index >= 15 is 0 Å². The minimum atomic E-state index is -0.250. The molecule has 0 N–H and O–H groups in total. The van der Waals surface area contributed by atoms with Gasteiger partial charge in [0.05, 0.1) is 5.92 Å². The molecule has 2 atom stereocenters. The second kappa shape index (κ2) is 9.94. The summed E-state index contributed by atoms with van der Waals surface area (Å²) in [7, 11) is 0. The predicted octanol–water partition coefficient (Wildman–Crippen LogP) is 4.39. The van der Waals surface area contributed by atoms with Crippen molar-refractivity contribution in [3.63, 3.8) is 0 Å². The first-order valence-corrected chi connectivity index (χ1v) is 11.3. The van der Waals surface area contributed by atoms with Gasteiger partial charge in [0.1, 0.15) is 0 Å². The summed E-state index contributed by atoms with van der Waals surface area (Å²) in [6.45, 7) is 6.79. The van der Waals surface area contributed by atoms with E-state index in [1.54, 1.807) is 0 Å². The van der Waals surface area contributed by atoms with Gasteiger partial charge in [-0.05, 0) is 30.7 Å². The topological polar surface area (TPSA) is 40.6 Å². The van der Waals surface area contributed by atoms with E-state index in [-0.39, 0.29) is 22.2 Å². The second-order valence-electron chi connectivity index (χ2n) is 7.50. The number of carbonyl (C=O) groups is 2. The molecule has 2 aliphatic heterocycles. The second-order valence-corrected chi connectivity index (χ2v) is 9.14. The molecule has 1 amide bonds. The first-order valence-electron chi connectivity index (χ1n) is 10.0. The van der Waals surface area contributed by atoms with Crippen LogP contribution in [0.25, 0.3) is 0 Å². The fraction of sp³-hybridized carbons (Fsp3) is 0.619. The van der Waals surface area contributed by atoms with Gasteiger partial charge < -0.3 is 4.90 Å². The minimum absolute atomic E-state index is 0.0886. The minimum Gasteiger partial charge on any atom is -0.340 e. The molecule has 2 aliphatic rings. The van der Waals surface area contributed by atoms with Gasteiger partial charge in [-0.3, -0.25) is 14.5 Å². The lowest BCUT2D eigenvalue weighted by Gasteiger charge is -2.36. The number of rotatable bonds is 7. The van der Waals surface area contributed by atoms with Crippen LogP contribution in [0.2, 0.25) is 5.02 Å². The number of thioether (sulfide) groups is 1. The monoisotopic (exact) mass is 408 g/mol. The van der Waals surface area contributed by atoms with Gasteiger partial charge in [-0.2, -0.15) is 0 Å². The van der Waals surface area contributed by atoms with Gasteiger partial charge in [0.2, 0.25) is 5.91 Å². The third-order valence-electron chi connectivity index (χ3n) is 5.54. The van der Waals surface area contributed by atoms with Crippen LogP contribution in [0.5, 0.6) is 0 Å². The van der Waals surface area contributed by atoms with Crippen LogP contribution >= 0.6 is 23.4 Å². The molecule has 1 unspecified atom stereocenters. The molecule has 148 valence electrons. The van der Waals surface area contributed by atoms with Crippen molar-refractivity contribution in [2.75, 3.05) is 32.7 Å². The lowest BCUT2D eigenvalue weighted by molar-refractivity contribution is -0.138. The van der Waals surface area contributed by atoms with Crippen LogP contribution < -0.4 is 0 Å². The molecule has 2 heterocycles. The Bertz CT molecular complexity index is 644. The molecule has 1 aromatic rings. The van der Waals surface area contributed by atoms with Crippen molar-refractivity contribution in [3.05, 3.63) is 34.9 Å². The molecular formula is C21H29ClN2O2S. The van der Waals surface area contributed by atoms with Gasteiger partial charge >= 0.3 is 0 Å². The van der Waals surface area contributed by atoms with Crippen molar-refractivity contribution in [2.24, 2.45) is 5.92 Å². The zero-order valence-electron chi connectivity index (χ0n) is 16.0. The standard InChI is InChI=1S/C21H29ClN2O2S/c1-2-3-4-5-10-23-11-13-24(14-12-23)21(26)18-15-19(25)27-20(18)16-6-8-17(22)9-7-16/h6-9,18,20H,2-5,10-15H2,1H3/t18-,20?/m0/s1. The van der Waals surface area contributed by atoms with Crippen molar-refractivity contribution in [2.45, 2.75) is 44.3 Å². The predicted molar refractivity (Wildman–Crippen MR) is 112 cm³/mol. The summed E-state index contributed by atoms with van der Waals surface area (Å²) >= 11 is 7.28. The largest absolute Gasteiger partial charge is 0.340 e. The van der Waals surface area contributed by atoms with Crippen LogP contribution in [0.4, 0.5) is 0 Å². The third kappa shape index (κ3) is 5.49. The average molecular weight is 409 g/mol. The maximum atomic E-state index is 13.1. The molecule has 2 fully saturated rings. The number of benzene rings is 1. The van der Waals surface area contributed by atoms with E-state index in [0.717, 1.165) is 38.3 Å². The molecule has 3 rings (SSSR count). The van der Waals surface area contributed by atoms with Crippen LogP contribution in [0.1, 0.15) is 49.8 Å². The zero-order chi connectivity index (χ0) is 19.2. The van der Waals surface area contributed by atoms with Crippen molar-refractivity contribution in [1.82, 2.24) is 9.80 Å². The Kier molecular flexibility index (Phi) is 7.62. The van der Waals surface area contributed by atoms with Crippen molar-refractivity contribution >= 4 is 34.4 Å². The summed E-state index contributed by atoms with van der Waals surface area (Å²) in [5.41, 5.74) is 1.02. The summed E-state index contributed by atoms with van der Waals surface area (Å²) in [5, 5.41) is 0.697. The average Bonchev–Trinajstić information content (AvgIpc) is 3.07. The van der Waals surface area contributed by atoms with E-state index in [1.807, 2.05) is 29.2 Å². The summed E-state index contributed by atoms with van der Waals surface area (Å²) in [6.07, 6.45) is 5.44. The molecule has 27 heavy (non-hydrogen) atoms. The quantitative estimate of drug-likeness (QED) is 0.627. The van der Waals surface area contributed by atoms with Crippen molar-refractivity contribution in [1.29, 1.82) is 0 Å². The number of amides is 1. The molecule has 2 saturated heterocycles. The first-order chi connectivity index (χ1) is 13.1. The Balaban J connectivity index is 1.55. The van der Waals surface area contributed by atoms with Gasteiger partial charge in [0.15, 0.2) is 5.12 Å². The van der Waals surface area contributed by atoms with Crippen LogP contribution in [0.3, 0.4) is 0 Å². The van der Waals surface area contributed by atoms with Gasteiger partial charge in [-0.15, -0.1) is 0 Å². The van der Waals surface area contributed by atoms with E-state index in [1.165, 1.54) is 37.4 Å². The van der Waals surface area contributed by atoms with E-state index in [9.17, 15) is 9.59 Å². The Morgan fingerprint density at radius 3 is 2.48 bits per heavy atom. The van der Waals surface area contributed by atoms with Gasteiger partial charge in [-0.1, -0.05) is 61.7 Å². The third-order valence-corrected chi connectivity index (χ3v) is 7.07. The first kappa shape index (κ1) is 20.7. The highest BCUT2D eigenvalue weighted by Gasteiger charge is 2.41. The summed E-state index contributed by atoms with van der Waals surface area (Å²) in [5.74, 6) is -0.112. The number of piperazine rings is 1. The van der Waals surface area contributed by atoms with E-state index in [0.29, 0.717) is 11.4 Å². The van der Waals surface area contributed by atoms with Crippen LogP contribution in [-0.2, 0) is 9.59 Å². The van der Waals surface area contributed by atoms with Crippen LogP contribution in [0, 0.1) is 5.92 Å². The van der Waals surface area contributed by atoms with Gasteiger partial charge in [-0.25, -0.2) is 0 Å². The Morgan fingerprint density at radius 1 is 1.11 bits per heavy atom. The van der Waals surface area contributed by atoms with E-state index in [4.69, 9.17) is 11.6 Å². The molecule has 0 aliphatic carbocycles. The van der Waals surface area contributed by atoms with Crippen molar-refractivity contribution < 1.29 is 9.59 Å². The fourth-order valence-electron chi connectivity index (χ4n) is 3.92. The Labute approximate surface area is 171 Å². The molecule has 0 saturated carbocycles. The molecule has 4 nitrogen and oxygen atoms in total. The van der Waals surface area contributed by atoms with E-state index in [2.05, 4.69) is 11.8 Å². The lowest BCUT2D eigenvalue weighted by atomic mass is 9.94. The summed E-state index contributed by atoms with van der Waals surface area (Å²) in [4.78, 5) is 29.6. The molecule has 1 aromatic carbocycles. The SMILES string of the molecule is CCCCCCN1CCN(C(=O)[C@H]2CC(=O)SC2c2ccc(Cl)cc2)CC1. The van der Waals surface area contributed by atoms with Crippen LogP contribution in [0.15, 0.2) is 24.3 Å². The smallest absolute Gasteiger partial charge is 0.227 e. The highest BCUT2D eigenvalue weighted by atomic mass is 35.5. The fourth-order valence-corrected chi connectivity index (χ4v) is 5.27. The number of carbonyl (C=O) groups excluding carboxylic acids is 2. The molecular weight excluding hydrogens is 380 g/mol. The van der Waals surface area contributed by atoms with Gasteiger partial charge in [0.25, 0.3) is 0 Å². The molecule has 6 heteroatoms. The summed E-state index contributed by atoms with van der Waals surface area (Å²) in [6, 6.07) is 7.54. The maximum Gasteiger partial charge on any atom is 0.227 e. The highest BCUT2D eigenvalue weighted by Crippen LogP contribution is 2.46. The number of hydrogen-bond donors (Lipinski definition) is 0. The summed E-state index contributed by atoms with van der Waals surface area (Å²) < 4.78 is 0. The van der Waals surface area contributed by atoms with E-state index < -0.39 is 0 Å². The molecule has 0 bridgehead atoms. The lowest BCUT2D eigenvalue weighted by Crippen LogP contribution is -2.50. The molecule has 0 aromatic heterocycles. The molecule has 0 radical (unpaired) electrons. The number of halogens is 1. The molecule has 0 spiro atoms. The highest BCUT2D eigenvalue weighted by molar-refractivity contribution is 8.14. The number of hydrogen-bond acceptors (Lipinski definition) is 4. The maximum absolute atomic E-state index is 13.1. The van der Waals surface area contributed by atoms with Crippen LogP contribution in [-0.4, -0.2) is 53.5 Å². The zero-order valence-corrected chi connectivity index (χ0v) is 17.6. The number of unbranched alkanes of at least 4 members (excludes halogenated alkanes) is 3. The van der Waals surface area contributed by atoms with Crippen molar-refractivity contribution in [3.8, 4) is 0 Å². The Morgan fingerprint density at radius 2 is 1.81 bits per heavy atom. The normalized spacial score (nSPS) is 23.8. The number of nitrogens with zero attached hydrogens (tertiary/aromatic N) is 2.